The fourth-order valence-electron chi connectivity index (χ4n) is 2.79. The van der Waals surface area contributed by atoms with Gasteiger partial charge in [-0.3, -0.25) is 9.59 Å². The molecule has 24 heavy (non-hydrogen) atoms. The summed E-state index contributed by atoms with van der Waals surface area (Å²) in [7, 11) is 0. The van der Waals surface area contributed by atoms with Crippen molar-refractivity contribution in [2.75, 3.05) is 11.9 Å². The molecule has 1 aliphatic rings. The SMILES string of the molecule is Cc1ccc(O)c(NC(=O)C2CCN(Cc3ccccc3)C2=O)n1. The minimum absolute atomic E-state index is 0.0920. The molecule has 6 heteroatoms. The average Bonchev–Trinajstić information content (AvgIpc) is 2.93. The van der Waals surface area contributed by atoms with Crippen LogP contribution in [-0.2, 0) is 16.1 Å². The predicted molar refractivity (Wildman–Crippen MR) is 89.2 cm³/mol. The van der Waals surface area contributed by atoms with E-state index in [1.54, 1.807) is 17.9 Å². The Kier molecular flexibility index (Phi) is 4.46. The van der Waals surface area contributed by atoms with Crippen LogP contribution in [0.1, 0.15) is 17.7 Å². The highest BCUT2D eigenvalue weighted by atomic mass is 16.3. The van der Waals surface area contributed by atoms with E-state index in [2.05, 4.69) is 10.3 Å². The van der Waals surface area contributed by atoms with Gasteiger partial charge in [0.05, 0.1) is 0 Å². The average molecular weight is 325 g/mol. The molecule has 2 heterocycles. The molecule has 124 valence electrons. The van der Waals surface area contributed by atoms with Crippen LogP contribution in [0.2, 0.25) is 0 Å². The number of hydrogen-bond acceptors (Lipinski definition) is 4. The number of aromatic nitrogens is 1. The molecule has 0 radical (unpaired) electrons. The molecule has 2 N–H and O–H groups in total. The smallest absolute Gasteiger partial charge is 0.238 e. The van der Waals surface area contributed by atoms with Gasteiger partial charge in [-0.15, -0.1) is 0 Å². The first kappa shape index (κ1) is 16.0. The predicted octanol–water partition coefficient (Wildman–Crippen LogP) is 2.08. The highest BCUT2D eigenvalue weighted by Crippen LogP contribution is 2.25. The van der Waals surface area contributed by atoms with Gasteiger partial charge in [0, 0.05) is 18.8 Å². The molecule has 1 aromatic heterocycles. The topological polar surface area (TPSA) is 82.5 Å². The molecule has 6 nitrogen and oxygen atoms in total. The van der Waals surface area contributed by atoms with Crippen molar-refractivity contribution in [3.63, 3.8) is 0 Å². The molecule has 1 saturated heterocycles. The lowest BCUT2D eigenvalue weighted by atomic mass is 10.1. The number of aromatic hydroxyl groups is 1. The number of hydrogen-bond donors (Lipinski definition) is 2. The summed E-state index contributed by atoms with van der Waals surface area (Å²) < 4.78 is 0. The zero-order chi connectivity index (χ0) is 17.1. The molecule has 1 aliphatic heterocycles. The summed E-state index contributed by atoms with van der Waals surface area (Å²) in [6, 6.07) is 12.8. The van der Waals surface area contributed by atoms with Crippen molar-refractivity contribution >= 4 is 17.6 Å². The van der Waals surface area contributed by atoms with E-state index in [-0.39, 0.29) is 17.5 Å². The number of amides is 2. The Morgan fingerprint density at radius 2 is 2.04 bits per heavy atom. The summed E-state index contributed by atoms with van der Waals surface area (Å²) in [4.78, 5) is 30.6. The normalized spacial score (nSPS) is 17.1. The van der Waals surface area contributed by atoms with E-state index in [0.717, 1.165) is 5.56 Å². The molecule has 1 aromatic carbocycles. The van der Waals surface area contributed by atoms with E-state index in [9.17, 15) is 14.7 Å². The van der Waals surface area contributed by atoms with Crippen LogP contribution in [0, 0.1) is 12.8 Å². The van der Waals surface area contributed by atoms with Crippen LogP contribution in [-0.4, -0.2) is 33.3 Å². The van der Waals surface area contributed by atoms with Crippen LogP contribution in [0.4, 0.5) is 5.82 Å². The van der Waals surface area contributed by atoms with Gasteiger partial charge in [0.25, 0.3) is 0 Å². The fraction of sp³-hybridized carbons (Fsp3) is 0.278. The quantitative estimate of drug-likeness (QED) is 0.843. The van der Waals surface area contributed by atoms with Crippen LogP contribution < -0.4 is 5.32 Å². The van der Waals surface area contributed by atoms with Crippen LogP contribution in [0.5, 0.6) is 5.75 Å². The van der Waals surface area contributed by atoms with Gasteiger partial charge < -0.3 is 15.3 Å². The van der Waals surface area contributed by atoms with Crippen molar-refractivity contribution in [3.05, 3.63) is 53.7 Å². The summed E-state index contributed by atoms with van der Waals surface area (Å²) in [5.74, 6) is -1.38. The van der Waals surface area contributed by atoms with Crippen LogP contribution >= 0.6 is 0 Å². The number of rotatable bonds is 4. The largest absolute Gasteiger partial charge is 0.504 e. The van der Waals surface area contributed by atoms with E-state index in [0.29, 0.717) is 25.2 Å². The van der Waals surface area contributed by atoms with Crippen LogP contribution in [0.25, 0.3) is 0 Å². The first-order chi connectivity index (χ1) is 11.5. The second-order valence-corrected chi connectivity index (χ2v) is 5.90. The Hall–Kier alpha value is -2.89. The number of nitrogens with one attached hydrogen (secondary N) is 1. The molecule has 0 aliphatic carbocycles. The first-order valence-electron chi connectivity index (χ1n) is 7.85. The number of pyridine rings is 1. The van der Waals surface area contributed by atoms with E-state index >= 15 is 0 Å². The summed E-state index contributed by atoms with van der Waals surface area (Å²) in [6.45, 7) is 2.80. The third-order valence-corrected chi connectivity index (χ3v) is 4.08. The van der Waals surface area contributed by atoms with Crippen molar-refractivity contribution in [1.29, 1.82) is 0 Å². The van der Waals surface area contributed by atoms with Gasteiger partial charge in [-0.1, -0.05) is 30.3 Å². The summed E-state index contributed by atoms with van der Waals surface area (Å²) in [6.07, 6.45) is 0.462. The second-order valence-electron chi connectivity index (χ2n) is 5.90. The van der Waals surface area contributed by atoms with Crippen LogP contribution in [0.3, 0.4) is 0 Å². The number of likely N-dealkylation sites (tertiary alicyclic amines) is 1. The number of carbonyl (C=O) groups excluding carboxylic acids is 2. The maximum atomic E-state index is 12.5. The Bertz CT molecular complexity index is 761. The summed E-state index contributed by atoms with van der Waals surface area (Å²) in [5, 5.41) is 12.3. The third-order valence-electron chi connectivity index (χ3n) is 4.08. The van der Waals surface area contributed by atoms with Crippen molar-refractivity contribution in [2.45, 2.75) is 19.9 Å². The molecule has 0 bridgehead atoms. The Balaban J connectivity index is 1.66. The van der Waals surface area contributed by atoms with Crippen molar-refractivity contribution in [2.24, 2.45) is 5.92 Å². The van der Waals surface area contributed by atoms with Crippen molar-refractivity contribution in [3.8, 4) is 5.75 Å². The Labute approximate surface area is 140 Å². The van der Waals surface area contributed by atoms with Crippen molar-refractivity contribution in [1.82, 2.24) is 9.88 Å². The highest BCUT2D eigenvalue weighted by Gasteiger charge is 2.37. The number of carbonyl (C=O) groups is 2. The van der Waals surface area contributed by atoms with Gasteiger partial charge in [0.2, 0.25) is 11.8 Å². The minimum atomic E-state index is -0.740. The molecule has 3 rings (SSSR count). The van der Waals surface area contributed by atoms with Crippen LogP contribution in [0.15, 0.2) is 42.5 Å². The molecule has 1 unspecified atom stereocenters. The molecular formula is C18H19N3O3. The molecule has 1 fully saturated rings. The van der Waals surface area contributed by atoms with Gasteiger partial charge in [0.1, 0.15) is 5.92 Å². The van der Waals surface area contributed by atoms with E-state index in [4.69, 9.17) is 0 Å². The number of anilines is 1. The zero-order valence-electron chi connectivity index (χ0n) is 13.4. The van der Waals surface area contributed by atoms with E-state index in [1.165, 1.54) is 6.07 Å². The molecule has 0 spiro atoms. The first-order valence-corrected chi connectivity index (χ1v) is 7.85. The molecule has 2 aromatic rings. The minimum Gasteiger partial charge on any atom is -0.504 e. The Morgan fingerprint density at radius 1 is 1.29 bits per heavy atom. The van der Waals surface area contributed by atoms with Gasteiger partial charge >= 0.3 is 0 Å². The third kappa shape index (κ3) is 3.37. The number of aryl methyl sites for hydroxylation is 1. The molecule has 2 amide bonds. The van der Waals surface area contributed by atoms with E-state index in [1.807, 2.05) is 30.3 Å². The highest BCUT2D eigenvalue weighted by molar-refractivity contribution is 6.07. The molecular weight excluding hydrogens is 306 g/mol. The van der Waals surface area contributed by atoms with Crippen molar-refractivity contribution < 1.29 is 14.7 Å². The van der Waals surface area contributed by atoms with Gasteiger partial charge in [-0.2, -0.15) is 0 Å². The molecule has 1 atom stereocenters. The van der Waals surface area contributed by atoms with Gasteiger partial charge in [-0.05, 0) is 31.0 Å². The maximum Gasteiger partial charge on any atom is 0.238 e. The number of nitrogens with zero attached hydrogens (tertiary/aromatic N) is 2. The van der Waals surface area contributed by atoms with Gasteiger partial charge in [-0.25, -0.2) is 4.98 Å². The standard InChI is InChI=1S/C18H19N3O3/c1-12-7-8-15(22)16(19-12)20-17(23)14-9-10-21(18(14)24)11-13-5-3-2-4-6-13/h2-8,14,22H,9-11H2,1H3,(H,19,20,23). The summed E-state index contributed by atoms with van der Waals surface area (Å²) >= 11 is 0. The van der Waals surface area contributed by atoms with E-state index < -0.39 is 11.8 Å². The molecule has 0 saturated carbocycles. The lowest BCUT2D eigenvalue weighted by Crippen LogP contribution is -2.33. The maximum absolute atomic E-state index is 12.5. The lowest BCUT2D eigenvalue weighted by molar-refractivity contribution is -0.136. The summed E-state index contributed by atoms with van der Waals surface area (Å²) in [5.41, 5.74) is 1.71. The zero-order valence-corrected chi connectivity index (χ0v) is 13.4. The lowest BCUT2D eigenvalue weighted by Gasteiger charge is -2.16. The fourth-order valence-corrected chi connectivity index (χ4v) is 2.79. The Morgan fingerprint density at radius 3 is 2.79 bits per heavy atom. The number of benzene rings is 1. The monoisotopic (exact) mass is 325 g/mol. The van der Waals surface area contributed by atoms with Gasteiger partial charge in [0.15, 0.2) is 11.6 Å². The second kappa shape index (κ2) is 6.70.